The van der Waals surface area contributed by atoms with Crippen molar-refractivity contribution in [3.8, 4) is 0 Å². The van der Waals surface area contributed by atoms with Gasteiger partial charge in [-0.05, 0) is 38.5 Å². The highest BCUT2D eigenvalue weighted by molar-refractivity contribution is 4.81. The Labute approximate surface area is 71.0 Å². The summed E-state index contributed by atoms with van der Waals surface area (Å²) in [5.41, 5.74) is 0. The van der Waals surface area contributed by atoms with Crippen molar-refractivity contribution in [3.05, 3.63) is 31.7 Å². The average Bonchev–Trinajstić information content (AvgIpc) is 2.03. The zero-order chi connectivity index (χ0) is 8.36. The van der Waals surface area contributed by atoms with Gasteiger partial charge >= 0.3 is 0 Å². The Kier molecular flexibility index (Phi) is 9.03. The number of allylic oxidation sites excluding steroid dienone is 3. The first-order chi connectivity index (χ1) is 5.41. The van der Waals surface area contributed by atoms with Crippen molar-refractivity contribution in [3.63, 3.8) is 0 Å². The van der Waals surface area contributed by atoms with E-state index < -0.39 is 0 Å². The molecule has 0 aliphatic rings. The molecule has 11 heavy (non-hydrogen) atoms. The van der Waals surface area contributed by atoms with Crippen LogP contribution >= 0.6 is 0 Å². The fraction of sp³-hybridized carbons (Fsp3) is 0.545. The molecule has 0 rings (SSSR count). The van der Waals surface area contributed by atoms with E-state index in [1.807, 2.05) is 6.08 Å². The molecule has 0 atom stereocenters. The summed E-state index contributed by atoms with van der Waals surface area (Å²) >= 11 is 0. The number of hydrogen-bond donors (Lipinski definition) is 0. The van der Waals surface area contributed by atoms with Gasteiger partial charge in [-0.3, -0.25) is 0 Å². The fourth-order valence-corrected chi connectivity index (χ4v) is 0.904. The summed E-state index contributed by atoms with van der Waals surface area (Å²) in [6.07, 6.45) is 13.5. The first kappa shape index (κ1) is 10.5. The van der Waals surface area contributed by atoms with Gasteiger partial charge in [0, 0.05) is 0 Å². The van der Waals surface area contributed by atoms with Gasteiger partial charge in [0.15, 0.2) is 0 Å². The third kappa shape index (κ3) is 9.48. The van der Waals surface area contributed by atoms with Crippen LogP contribution in [0.25, 0.3) is 0 Å². The Morgan fingerprint density at radius 2 is 1.55 bits per heavy atom. The molecule has 0 aromatic heterocycles. The largest absolute Gasteiger partial charge is 0.103 e. The van der Waals surface area contributed by atoms with Gasteiger partial charge in [0.2, 0.25) is 0 Å². The van der Waals surface area contributed by atoms with E-state index in [1.165, 1.54) is 19.3 Å². The van der Waals surface area contributed by atoms with E-state index in [4.69, 9.17) is 0 Å². The Balaban J connectivity index is 2.94. The summed E-state index contributed by atoms with van der Waals surface area (Å²) in [6.45, 7) is 7.45. The molecule has 0 amide bonds. The predicted molar refractivity (Wildman–Crippen MR) is 52.4 cm³/mol. The summed E-state index contributed by atoms with van der Waals surface area (Å²) in [6, 6.07) is 0. The van der Waals surface area contributed by atoms with Gasteiger partial charge in [0.25, 0.3) is 0 Å². The van der Waals surface area contributed by atoms with Crippen LogP contribution in [0.4, 0.5) is 0 Å². The van der Waals surface area contributed by atoms with Gasteiger partial charge in [-0.25, -0.2) is 0 Å². The first-order valence-corrected chi connectivity index (χ1v) is 4.47. The second-order valence-electron chi connectivity index (χ2n) is 2.69. The quantitative estimate of drug-likeness (QED) is 0.382. The minimum atomic E-state index is 1.02. The molecule has 0 nitrogen and oxygen atoms in total. The number of rotatable bonds is 7. The molecule has 0 N–H and O–H groups in total. The molecule has 1 radical (unpaired) electrons. The molecular weight excluding hydrogens is 132 g/mol. The van der Waals surface area contributed by atoms with Crippen molar-refractivity contribution in [2.24, 2.45) is 0 Å². The van der Waals surface area contributed by atoms with E-state index in [2.05, 4.69) is 25.7 Å². The Morgan fingerprint density at radius 1 is 0.909 bits per heavy atom. The van der Waals surface area contributed by atoms with Crippen LogP contribution in [0.15, 0.2) is 24.8 Å². The molecule has 0 saturated heterocycles. The van der Waals surface area contributed by atoms with Gasteiger partial charge in [-0.15, -0.1) is 6.58 Å². The minimum absolute atomic E-state index is 1.02. The topological polar surface area (TPSA) is 0 Å². The minimum Gasteiger partial charge on any atom is -0.103 e. The van der Waals surface area contributed by atoms with E-state index in [0.717, 1.165) is 19.3 Å². The van der Waals surface area contributed by atoms with Crippen LogP contribution in [0.5, 0.6) is 0 Å². The van der Waals surface area contributed by atoms with E-state index >= 15 is 0 Å². The average molecular weight is 151 g/mol. The summed E-state index contributed by atoms with van der Waals surface area (Å²) in [5.74, 6) is 0. The van der Waals surface area contributed by atoms with Crippen molar-refractivity contribution in [2.75, 3.05) is 0 Å². The predicted octanol–water partition coefficient (Wildman–Crippen LogP) is 3.90. The maximum absolute atomic E-state index is 3.77. The Morgan fingerprint density at radius 3 is 2.18 bits per heavy atom. The van der Waals surface area contributed by atoms with Gasteiger partial charge in [-0.1, -0.05) is 25.2 Å². The van der Waals surface area contributed by atoms with Crippen molar-refractivity contribution in [1.29, 1.82) is 0 Å². The molecule has 0 heteroatoms. The third-order valence-corrected chi connectivity index (χ3v) is 1.57. The lowest BCUT2D eigenvalue weighted by Crippen LogP contribution is -1.71. The van der Waals surface area contributed by atoms with E-state index in [1.54, 1.807) is 0 Å². The lowest BCUT2D eigenvalue weighted by Gasteiger charge is -1.91. The summed E-state index contributed by atoms with van der Waals surface area (Å²) in [4.78, 5) is 0. The SMILES string of the molecule is [CH2]CC/C=C/CCCCC=C. The van der Waals surface area contributed by atoms with Gasteiger partial charge < -0.3 is 0 Å². The lowest BCUT2D eigenvalue weighted by atomic mass is 10.2. The lowest BCUT2D eigenvalue weighted by molar-refractivity contribution is 0.761. The fourth-order valence-electron chi connectivity index (χ4n) is 0.904. The molecular formula is C11H19. The van der Waals surface area contributed by atoms with Crippen molar-refractivity contribution < 1.29 is 0 Å². The third-order valence-electron chi connectivity index (χ3n) is 1.57. The normalized spacial score (nSPS) is 10.6. The van der Waals surface area contributed by atoms with Gasteiger partial charge in [-0.2, -0.15) is 0 Å². The number of unbranched alkanes of at least 4 members (excludes halogenated alkanes) is 4. The molecule has 0 aromatic rings. The van der Waals surface area contributed by atoms with Crippen LogP contribution in [0.3, 0.4) is 0 Å². The maximum Gasteiger partial charge on any atom is -0.0351 e. The highest BCUT2D eigenvalue weighted by Crippen LogP contribution is 2.01. The van der Waals surface area contributed by atoms with Crippen molar-refractivity contribution in [1.82, 2.24) is 0 Å². The summed E-state index contributed by atoms with van der Waals surface area (Å²) in [5, 5.41) is 0. The molecule has 0 saturated carbocycles. The Bertz CT molecular complexity index is 101. The van der Waals surface area contributed by atoms with Crippen molar-refractivity contribution >= 4 is 0 Å². The highest BCUT2D eigenvalue weighted by atomic mass is 13.9. The van der Waals surface area contributed by atoms with Crippen LogP contribution in [-0.2, 0) is 0 Å². The highest BCUT2D eigenvalue weighted by Gasteiger charge is 1.81. The van der Waals surface area contributed by atoms with E-state index in [0.29, 0.717) is 0 Å². The summed E-state index contributed by atoms with van der Waals surface area (Å²) in [7, 11) is 0. The smallest absolute Gasteiger partial charge is 0.0351 e. The molecule has 0 aliphatic carbocycles. The van der Waals surface area contributed by atoms with Crippen LogP contribution in [0.2, 0.25) is 0 Å². The first-order valence-electron chi connectivity index (χ1n) is 4.47. The molecule has 0 bridgehead atoms. The van der Waals surface area contributed by atoms with Crippen LogP contribution < -0.4 is 0 Å². The van der Waals surface area contributed by atoms with Crippen LogP contribution in [-0.4, -0.2) is 0 Å². The van der Waals surface area contributed by atoms with E-state index in [9.17, 15) is 0 Å². The van der Waals surface area contributed by atoms with Crippen LogP contribution in [0.1, 0.15) is 38.5 Å². The molecule has 0 spiro atoms. The second-order valence-corrected chi connectivity index (χ2v) is 2.69. The van der Waals surface area contributed by atoms with Crippen LogP contribution in [0, 0.1) is 6.92 Å². The molecule has 0 heterocycles. The van der Waals surface area contributed by atoms with Gasteiger partial charge in [0.05, 0.1) is 0 Å². The van der Waals surface area contributed by atoms with E-state index in [-0.39, 0.29) is 0 Å². The van der Waals surface area contributed by atoms with Crippen molar-refractivity contribution in [2.45, 2.75) is 38.5 Å². The number of hydrogen-bond acceptors (Lipinski definition) is 0. The standard InChI is InChI=1S/C11H19/c1-3-5-7-9-11-10-8-6-4-2/h3,8,10H,1-2,4-7,9,11H2/b10-8+. The maximum atomic E-state index is 3.77. The zero-order valence-electron chi connectivity index (χ0n) is 7.39. The monoisotopic (exact) mass is 151 g/mol. The molecule has 0 unspecified atom stereocenters. The second kappa shape index (κ2) is 9.48. The zero-order valence-corrected chi connectivity index (χ0v) is 7.39. The Hall–Kier alpha value is -0.520. The molecule has 0 fully saturated rings. The molecule has 63 valence electrons. The molecule has 0 aromatic carbocycles. The van der Waals surface area contributed by atoms with Gasteiger partial charge in [0.1, 0.15) is 0 Å². The molecule has 0 aliphatic heterocycles. The summed E-state index contributed by atoms with van der Waals surface area (Å²) < 4.78 is 0.